The summed E-state index contributed by atoms with van der Waals surface area (Å²) in [4.78, 5) is 4.29. The van der Waals surface area contributed by atoms with Crippen molar-refractivity contribution in [1.82, 2.24) is 10.3 Å². The van der Waals surface area contributed by atoms with Crippen molar-refractivity contribution in [3.05, 3.63) is 57.7 Å². The fraction of sp³-hybridized carbons (Fsp3) is 0.312. The van der Waals surface area contributed by atoms with Gasteiger partial charge in [0, 0.05) is 23.8 Å². The summed E-state index contributed by atoms with van der Waals surface area (Å²) in [6, 6.07) is 10.1. The van der Waals surface area contributed by atoms with Crippen LogP contribution in [0.1, 0.15) is 24.0 Å². The lowest BCUT2D eigenvalue weighted by atomic mass is 10.2. The van der Waals surface area contributed by atoms with E-state index in [-0.39, 0.29) is 0 Å². The molecule has 1 N–H and O–H groups in total. The van der Waals surface area contributed by atoms with Crippen molar-refractivity contribution >= 4 is 23.2 Å². The zero-order valence-electron chi connectivity index (χ0n) is 11.5. The van der Waals surface area contributed by atoms with Gasteiger partial charge in [-0.05, 0) is 42.2 Å². The van der Waals surface area contributed by atoms with Crippen LogP contribution in [-0.4, -0.2) is 11.0 Å². The van der Waals surface area contributed by atoms with Gasteiger partial charge in [0.05, 0.1) is 0 Å². The molecule has 0 radical (unpaired) electrons. The minimum atomic E-state index is 0.396. The molecular weight excluding hydrogens is 307 g/mol. The number of halogens is 2. The molecule has 110 valence electrons. The molecule has 0 bridgehead atoms. The molecule has 0 unspecified atom stereocenters. The lowest BCUT2D eigenvalue weighted by molar-refractivity contribution is 0.294. The largest absolute Gasteiger partial charge is 0.472 e. The Morgan fingerprint density at radius 1 is 1.19 bits per heavy atom. The summed E-state index contributed by atoms with van der Waals surface area (Å²) in [5.41, 5.74) is 2.06. The average molecular weight is 323 g/mol. The monoisotopic (exact) mass is 322 g/mol. The van der Waals surface area contributed by atoms with Crippen LogP contribution in [0.25, 0.3) is 0 Å². The predicted octanol–water partition coefficient (Wildman–Crippen LogP) is 4.22. The van der Waals surface area contributed by atoms with Gasteiger partial charge in [-0.15, -0.1) is 0 Å². The van der Waals surface area contributed by atoms with E-state index < -0.39 is 0 Å². The van der Waals surface area contributed by atoms with Crippen molar-refractivity contribution < 1.29 is 4.74 Å². The molecule has 1 aliphatic carbocycles. The smallest absolute Gasteiger partial charge is 0.232 e. The first kappa shape index (κ1) is 14.6. The van der Waals surface area contributed by atoms with E-state index in [9.17, 15) is 0 Å². The van der Waals surface area contributed by atoms with Crippen LogP contribution in [0.4, 0.5) is 0 Å². The summed E-state index contributed by atoms with van der Waals surface area (Å²) in [7, 11) is 0. The van der Waals surface area contributed by atoms with Crippen molar-refractivity contribution in [3.63, 3.8) is 0 Å². The molecule has 3 rings (SSSR count). The number of nitrogens with one attached hydrogen (secondary N) is 1. The van der Waals surface area contributed by atoms with E-state index in [2.05, 4.69) is 10.3 Å². The van der Waals surface area contributed by atoms with Crippen LogP contribution in [0.2, 0.25) is 10.0 Å². The molecule has 0 amide bonds. The number of hydrogen-bond acceptors (Lipinski definition) is 3. The summed E-state index contributed by atoms with van der Waals surface area (Å²) < 4.78 is 5.65. The second-order valence-electron chi connectivity index (χ2n) is 5.20. The highest BCUT2D eigenvalue weighted by atomic mass is 35.5. The Balaban J connectivity index is 1.59. The maximum Gasteiger partial charge on any atom is 0.232 e. The Kier molecular flexibility index (Phi) is 4.63. The van der Waals surface area contributed by atoms with Crippen molar-refractivity contribution in [3.8, 4) is 5.88 Å². The van der Waals surface area contributed by atoms with E-state index in [1.165, 1.54) is 12.8 Å². The quantitative estimate of drug-likeness (QED) is 0.864. The Bertz CT molecular complexity index is 629. The molecule has 1 heterocycles. The topological polar surface area (TPSA) is 34.1 Å². The maximum absolute atomic E-state index is 6.22. The highest BCUT2D eigenvalue weighted by Gasteiger charge is 2.20. The van der Waals surface area contributed by atoms with Crippen molar-refractivity contribution in [2.24, 2.45) is 0 Å². The first-order valence-electron chi connectivity index (χ1n) is 6.96. The zero-order valence-corrected chi connectivity index (χ0v) is 13.0. The number of hydrogen-bond donors (Lipinski definition) is 1. The molecule has 0 spiro atoms. The van der Waals surface area contributed by atoms with E-state index >= 15 is 0 Å². The number of nitrogens with zero attached hydrogens (tertiary/aromatic N) is 1. The first-order chi connectivity index (χ1) is 10.2. The Labute approximate surface area is 134 Å². The molecule has 2 aromatic rings. The fourth-order valence-corrected chi connectivity index (χ4v) is 2.45. The van der Waals surface area contributed by atoms with Crippen LogP contribution < -0.4 is 10.1 Å². The number of pyridine rings is 1. The molecular formula is C16H16Cl2N2O. The van der Waals surface area contributed by atoms with Crippen LogP contribution in [0.15, 0.2) is 36.5 Å². The summed E-state index contributed by atoms with van der Waals surface area (Å²) >= 11 is 12.2. The molecule has 1 fully saturated rings. The normalized spacial score (nSPS) is 14.2. The SMILES string of the molecule is Clc1cccc(COc2ncc(CNC3CC3)cc2Cl)c1. The molecule has 0 atom stereocenters. The third-order valence-electron chi connectivity index (χ3n) is 3.30. The second-order valence-corrected chi connectivity index (χ2v) is 6.05. The van der Waals surface area contributed by atoms with Gasteiger partial charge < -0.3 is 10.1 Å². The summed E-state index contributed by atoms with van der Waals surface area (Å²) in [6.07, 6.45) is 4.33. The molecule has 1 aromatic carbocycles. The van der Waals surface area contributed by atoms with E-state index in [1.807, 2.05) is 30.3 Å². The van der Waals surface area contributed by atoms with Gasteiger partial charge in [-0.1, -0.05) is 35.3 Å². The molecule has 5 heteroatoms. The number of aromatic nitrogens is 1. The minimum absolute atomic E-state index is 0.396. The van der Waals surface area contributed by atoms with Crippen LogP contribution >= 0.6 is 23.2 Å². The van der Waals surface area contributed by atoms with Crippen LogP contribution in [0.3, 0.4) is 0 Å². The van der Waals surface area contributed by atoms with E-state index in [0.29, 0.717) is 28.6 Å². The lowest BCUT2D eigenvalue weighted by Gasteiger charge is -2.09. The van der Waals surface area contributed by atoms with Gasteiger partial charge in [0.1, 0.15) is 11.6 Å². The van der Waals surface area contributed by atoms with Crippen molar-refractivity contribution in [1.29, 1.82) is 0 Å². The van der Waals surface area contributed by atoms with Gasteiger partial charge >= 0.3 is 0 Å². The zero-order chi connectivity index (χ0) is 14.7. The molecule has 21 heavy (non-hydrogen) atoms. The highest BCUT2D eigenvalue weighted by molar-refractivity contribution is 6.31. The lowest BCUT2D eigenvalue weighted by Crippen LogP contribution is -2.15. The molecule has 1 saturated carbocycles. The Morgan fingerprint density at radius 2 is 2.05 bits per heavy atom. The summed E-state index contributed by atoms with van der Waals surface area (Å²) in [6.45, 7) is 1.19. The van der Waals surface area contributed by atoms with Crippen LogP contribution in [0.5, 0.6) is 5.88 Å². The van der Waals surface area contributed by atoms with Gasteiger partial charge in [-0.3, -0.25) is 0 Å². The summed E-state index contributed by atoms with van der Waals surface area (Å²) in [5.74, 6) is 0.451. The van der Waals surface area contributed by atoms with Crippen molar-refractivity contribution in [2.45, 2.75) is 32.0 Å². The minimum Gasteiger partial charge on any atom is -0.472 e. The fourth-order valence-electron chi connectivity index (χ4n) is 2.00. The Morgan fingerprint density at radius 3 is 2.76 bits per heavy atom. The number of rotatable bonds is 6. The van der Waals surface area contributed by atoms with Gasteiger partial charge in [-0.2, -0.15) is 0 Å². The molecule has 3 nitrogen and oxygen atoms in total. The van der Waals surface area contributed by atoms with Gasteiger partial charge in [0.25, 0.3) is 0 Å². The molecule has 0 saturated heterocycles. The van der Waals surface area contributed by atoms with Crippen LogP contribution in [0, 0.1) is 0 Å². The predicted molar refractivity (Wildman–Crippen MR) is 84.9 cm³/mol. The van der Waals surface area contributed by atoms with E-state index in [0.717, 1.165) is 17.7 Å². The maximum atomic E-state index is 6.22. The second kappa shape index (κ2) is 6.65. The highest BCUT2D eigenvalue weighted by Crippen LogP contribution is 2.25. The van der Waals surface area contributed by atoms with Gasteiger partial charge in [-0.25, -0.2) is 4.98 Å². The third kappa shape index (κ3) is 4.34. The van der Waals surface area contributed by atoms with E-state index in [1.54, 1.807) is 6.20 Å². The molecule has 0 aliphatic heterocycles. The molecule has 1 aliphatic rings. The summed E-state index contributed by atoms with van der Waals surface area (Å²) in [5, 5.41) is 4.66. The van der Waals surface area contributed by atoms with Crippen molar-refractivity contribution in [2.75, 3.05) is 0 Å². The number of ether oxygens (including phenoxy) is 1. The van der Waals surface area contributed by atoms with Gasteiger partial charge in [0.2, 0.25) is 5.88 Å². The van der Waals surface area contributed by atoms with E-state index in [4.69, 9.17) is 27.9 Å². The Hall–Kier alpha value is -1.29. The standard InChI is InChI=1S/C16H16Cl2N2O/c17-13-3-1-2-11(6-13)10-21-16-15(18)7-12(9-20-16)8-19-14-4-5-14/h1-3,6-7,9,14,19H,4-5,8,10H2. The van der Waals surface area contributed by atoms with Crippen LogP contribution in [-0.2, 0) is 13.2 Å². The molecule has 1 aromatic heterocycles. The first-order valence-corrected chi connectivity index (χ1v) is 7.71. The average Bonchev–Trinajstić information content (AvgIpc) is 3.28. The third-order valence-corrected chi connectivity index (χ3v) is 3.81. The number of benzene rings is 1. The van der Waals surface area contributed by atoms with Gasteiger partial charge in [0.15, 0.2) is 0 Å².